The number of aliphatic carboxylic acids is 1. The van der Waals surface area contributed by atoms with Crippen LogP contribution in [0.3, 0.4) is 0 Å². The molecule has 0 aliphatic rings. The highest BCUT2D eigenvalue weighted by molar-refractivity contribution is 8.07. The summed E-state index contributed by atoms with van der Waals surface area (Å²) < 4.78 is 15.7. The number of aryl methyl sites for hydroxylation is 1. The Morgan fingerprint density at radius 3 is 2.53 bits per heavy atom. The Morgan fingerprint density at radius 1 is 1.33 bits per heavy atom. The van der Waals surface area contributed by atoms with E-state index in [1.165, 1.54) is 29.3 Å². The monoisotopic (exact) mass is 533 g/mol. The van der Waals surface area contributed by atoms with Crippen LogP contribution in [-0.2, 0) is 25.2 Å². The summed E-state index contributed by atoms with van der Waals surface area (Å²) >= 11 is 0.802. The van der Waals surface area contributed by atoms with Gasteiger partial charge in [-0.05, 0) is 37.6 Å². The molecule has 0 saturated carbocycles. The number of phosphoric ester groups is 1. The van der Waals surface area contributed by atoms with Crippen LogP contribution in [-0.4, -0.2) is 48.7 Å². The van der Waals surface area contributed by atoms with Crippen LogP contribution in [0, 0.1) is 18.3 Å². The summed E-state index contributed by atoms with van der Waals surface area (Å²) in [7, 11) is -4.77. The number of hydrogen-bond acceptors (Lipinski definition) is 9. The Labute approximate surface area is 211 Å². The van der Waals surface area contributed by atoms with Gasteiger partial charge in [0, 0.05) is 28.8 Å². The molecule has 190 valence electrons. The highest BCUT2D eigenvalue weighted by atomic mass is 32.2. The van der Waals surface area contributed by atoms with Crippen LogP contribution >= 0.6 is 19.6 Å². The Balaban J connectivity index is 2.44. The predicted molar refractivity (Wildman–Crippen MR) is 132 cm³/mol. The van der Waals surface area contributed by atoms with E-state index < -0.39 is 20.4 Å². The van der Waals surface area contributed by atoms with Crippen LogP contribution in [0.1, 0.15) is 35.9 Å². The lowest BCUT2D eigenvalue weighted by Gasteiger charge is -2.22. The lowest BCUT2D eigenvalue weighted by molar-refractivity contribution is -0.131. The molecule has 2 rings (SSSR count). The number of hydrogen-bond donors (Lipinski definition) is 4. The molecule has 0 radical (unpaired) electrons. The molecule has 14 heteroatoms. The van der Waals surface area contributed by atoms with E-state index in [1.54, 1.807) is 26.0 Å². The van der Waals surface area contributed by atoms with Crippen molar-refractivity contribution in [3.63, 3.8) is 0 Å². The number of amides is 1. The number of rotatable bonds is 12. The fourth-order valence-corrected chi connectivity index (χ4v) is 4.18. The maximum absolute atomic E-state index is 12.0. The second-order valence-corrected chi connectivity index (χ2v) is 9.67. The second-order valence-electron chi connectivity index (χ2n) is 7.29. The van der Waals surface area contributed by atoms with E-state index in [0.29, 0.717) is 39.5 Å². The third-order valence-corrected chi connectivity index (χ3v) is 6.47. The molecule has 5 N–H and O–H groups in total. The number of thioether (sulfide) groups is 1. The quantitative estimate of drug-likeness (QED) is 0.177. The number of nitriles is 1. The smallest absolute Gasteiger partial charge is 0.469 e. The zero-order chi connectivity index (χ0) is 26.9. The molecule has 1 amide bonds. The van der Waals surface area contributed by atoms with Crippen LogP contribution in [0.5, 0.6) is 0 Å². The van der Waals surface area contributed by atoms with Crippen molar-refractivity contribution in [3.8, 4) is 6.07 Å². The van der Waals surface area contributed by atoms with E-state index in [0.717, 1.165) is 11.8 Å². The van der Waals surface area contributed by atoms with Crippen molar-refractivity contribution in [2.75, 3.05) is 12.3 Å². The minimum Gasteiger partial charge on any atom is -0.477 e. The third-order valence-electron chi connectivity index (χ3n) is 4.69. The third kappa shape index (κ3) is 8.92. The summed E-state index contributed by atoms with van der Waals surface area (Å²) in [6, 6.07) is 8.20. The number of anilines is 1. The van der Waals surface area contributed by atoms with E-state index in [4.69, 9.17) is 20.8 Å². The van der Waals surface area contributed by atoms with Gasteiger partial charge in [0.15, 0.2) is 0 Å². The van der Waals surface area contributed by atoms with Crippen LogP contribution in [0.4, 0.5) is 5.82 Å². The van der Waals surface area contributed by atoms with Gasteiger partial charge in [0.1, 0.15) is 11.6 Å². The van der Waals surface area contributed by atoms with Gasteiger partial charge < -0.3 is 25.5 Å². The van der Waals surface area contributed by atoms with E-state index in [2.05, 4.69) is 14.5 Å². The van der Waals surface area contributed by atoms with Gasteiger partial charge in [-0.1, -0.05) is 23.9 Å². The largest absolute Gasteiger partial charge is 0.477 e. The highest BCUT2D eigenvalue weighted by Crippen LogP contribution is 2.38. The maximum atomic E-state index is 12.0. The number of nitrogens with two attached hydrogens (primary N) is 1. The number of benzene rings is 1. The number of allylic oxidation sites excluding steroid dienone is 1. The molecule has 0 fully saturated rings. The summed E-state index contributed by atoms with van der Waals surface area (Å²) in [4.78, 5) is 51.5. The molecule has 0 aliphatic carbocycles. The molecule has 2 aromatic rings. The summed E-state index contributed by atoms with van der Waals surface area (Å²) in [6.45, 7) is 2.76. The van der Waals surface area contributed by atoms with E-state index in [1.807, 2.05) is 6.07 Å². The number of phosphoric acid groups is 1. The average Bonchev–Trinajstić information content (AvgIpc) is 2.81. The SMILES string of the molecule is C/C(=C(\CCOP(=O)(O)O)S/C(=C/c1ccc(C#N)cc1)C(=O)O)N(C=O)Cc1cnc(C)nc1N. The first-order chi connectivity index (χ1) is 16.9. The summed E-state index contributed by atoms with van der Waals surface area (Å²) in [5.41, 5.74) is 7.62. The van der Waals surface area contributed by atoms with Crippen LogP contribution in [0.15, 0.2) is 46.0 Å². The Hall–Kier alpha value is -3.53. The minimum absolute atomic E-state index is 0.0212. The van der Waals surface area contributed by atoms with Crippen molar-refractivity contribution in [1.82, 2.24) is 14.9 Å². The maximum Gasteiger partial charge on any atom is 0.469 e. The van der Waals surface area contributed by atoms with Crippen molar-refractivity contribution in [3.05, 3.63) is 68.5 Å². The van der Waals surface area contributed by atoms with Crippen molar-refractivity contribution < 1.29 is 33.6 Å². The van der Waals surface area contributed by atoms with Gasteiger partial charge in [0.05, 0.1) is 29.7 Å². The highest BCUT2D eigenvalue weighted by Gasteiger charge is 2.20. The molecule has 0 saturated heterocycles. The lowest BCUT2D eigenvalue weighted by atomic mass is 10.1. The summed E-state index contributed by atoms with van der Waals surface area (Å²) in [6.07, 6.45) is 3.26. The zero-order valence-corrected chi connectivity index (χ0v) is 21.1. The number of nitrogens with zero attached hydrogens (tertiary/aromatic N) is 4. The van der Waals surface area contributed by atoms with Gasteiger partial charge in [0.2, 0.25) is 6.41 Å². The molecular formula is C22H24N5O7PS. The van der Waals surface area contributed by atoms with Crippen LogP contribution in [0.25, 0.3) is 6.08 Å². The molecule has 0 aliphatic heterocycles. The molecule has 0 bridgehead atoms. The van der Waals surface area contributed by atoms with Crippen molar-refractivity contribution in [1.29, 1.82) is 5.26 Å². The lowest BCUT2D eigenvalue weighted by Crippen LogP contribution is -2.22. The molecule has 1 aromatic heterocycles. The Morgan fingerprint density at radius 2 is 2.00 bits per heavy atom. The summed E-state index contributed by atoms with van der Waals surface area (Å²) in [5.74, 6) is -0.640. The van der Waals surface area contributed by atoms with Gasteiger partial charge in [-0.3, -0.25) is 9.32 Å². The first kappa shape index (κ1) is 28.7. The van der Waals surface area contributed by atoms with E-state index in [9.17, 15) is 19.3 Å². The number of carboxylic acids is 1. The van der Waals surface area contributed by atoms with Crippen molar-refractivity contribution in [2.24, 2.45) is 0 Å². The fourth-order valence-electron chi connectivity index (χ4n) is 2.85. The van der Waals surface area contributed by atoms with Crippen molar-refractivity contribution in [2.45, 2.75) is 26.8 Å². The van der Waals surface area contributed by atoms with Crippen LogP contribution < -0.4 is 5.73 Å². The predicted octanol–water partition coefficient (Wildman–Crippen LogP) is 2.79. The minimum atomic E-state index is -4.77. The number of nitrogen functional groups attached to an aromatic ring is 1. The van der Waals surface area contributed by atoms with Gasteiger partial charge in [0.25, 0.3) is 0 Å². The fraction of sp³-hybridized carbons (Fsp3) is 0.227. The van der Waals surface area contributed by atoms with Gasteiger partial charge in [-0.15, -0.1) is 0 Å². The normalized spacial score (nSPS) is 12.5. The molecule has 12 nitrogen and oxygen atoms in total. The summed E-state index contributed by atoms with van der Waals surface area (Å²) in [5, 5.41) is 18.7. The standard InChI is InChI=1S/C22H24N5O7PS/c1-14(27(13-28)12-18-11-25-15(2)26-21(18)24)19(7-8-34-35(31,32)33)36-20(22(29)30)9-16-3-5-17(10-23)6-4-16/h3-6,9,11,13H,7-8,12H2,1-2H3,(H,29,30)(H2,24,25,26)(H2,31,32,33)/b19-14-,20-9+. The van der Waals surface area contributed by atoms with E-state index >= 15 is 0 Å². The second kappa shape index (κ2) is 13.0. The van der Waals surface area contributed by atoms with Crippen LogP contribution in [0.2, 0.25) is 0 Å². The topological polar surface area (TPSA) is 200 Å². The first-order valence-electron chi connectivity index (χ1n) is 10.3. The first-order valence-corrected chi connectivity index (χ1v) is 12.6. The molecule has 0 atom stereocenters. The average molecular weight is 534 g/mol. The molecular weight excluding hydrogens is 509 g/mol. The zero-order valence-electron chi connectivity index (χ0n) is 19.4. The van der Waals surface area contributed by atoms with E-state index in [-0.39, 0.29) is 23.7 Å². The molecule has 1 aromatic carbocycles. The number of carbonyl (C=O) groups excluding carboxylic acids is 1. The van der Waals surface area contributed by atoms with Gasteiger partial charge in [-0.25, -0.2) is 19.3 Å². The molecule has 1 heterocycles. The van der Waals surface area contributed by atoms with Crippen molar-refractivity contribution >= 4 is 43.9 Å². The number of carboxylic acid groups (broad SMARTS) is 1. The Kier molecular flexibility index (Phi) is 10.3. The molecule has 36 heavy (non-hydrogen) atoms. The molecule has 0 unspecified atom stereocenters. The molecule has 0 spiro atoms. The number of carbonyl (C=O) groups is 2. The van der Waals surface area contributed by atoms with Gasteiger partial charge in [-0.2, -0.15) is 5.26 Å². The van der Waals surface area contributed by atoms with Gasteiger partial charge >= 0.3 is 13.8 Å². The number of aromatic nitrogens is 2. The Bertz CT molecular complexity index is 1270.